The minimum atomic E-state index is -0.285. The normalized spacial score (nSPS) is 10.1. The molecule has 2 rings (SSSR count). The van der Waals surface area contributed by atoms with E-state index in [1.807, 2.05) is 0 Å². The monoisotopic (exact) mass is 291 g/mol. The Bertz CT molecular complexity index is 632. The van der Waals surface area contributed by atoms with Gasteiger partial charge in [0.2, 0.25) is 0 Å². The third-order valence-corrected chi connectivity index (χ3v) is 3.17. The van der Waals surface area contributed by atoms with Gasteiger partial charge in [-0.15, -0.1) is 0 Å². The van der Waals surface area contributed by atoms with Gasteiger partial charge < -0.3 is 15.8 Å². The van der Waals surface area contributed by atoms with E-state index in [1.54, 1.807) is 31.4 Å². The SMILES string of the molecule is COc1cccc(Cl)c1CNC(=O)c1ccncc1N. The molecule has 0 saturated heterocycles. The number of anilines is 1. The van der Waals surface area contributed by atoms with Crippen LogP contribution in [0.5, 0.6) is 5.75 Å². The van der Waals surface area contributed by atoms with Crippen LogP contribution in [0.1, 0.15) is 15.9 Å². The van der Waals surface area contributed by atoms with Crippen molar-refractivity contribution in [3.63, 3.8) is 0 Å². The number of benzene rings is 1. The van der Waals surface area contributed by atoms with Crippen LogP contribution in [0, 0.1) is 0 Å². The predicted molar refractivity (Wildman–Crippen MR) is 77.8 cm³/mol. The lowest BCUT2D eigenvalue weighted by Gasteiger charge is -2.12. The second-order valence-corrected chi connectivity index (χ2v) is 4.47. The smallest absolute Gasteiger partial charge is 0.253 e. The highest BCUT2D eigenvalue weighted by Gasteiger charge is 2.12. The van der Waals surface area contributed by atoms with Crippen LogP contribution in [0.15, 0.2) is 36.7 Å². The number of carbonyl (C=O) groups is 1. The van der Waals surface area contributed by atoms with E-state index < -0.39 is 0 Å². The summed E-state index contributed by atoms with van der Waals surface area (Å²) in [6.45, 7) is 0.253. The zero-order valence-electron chi connectivity index (χ0n) is 10.9. The molecule has 1 aromatic heterocycles. The molecule has 0 unspecified atom stereocenters. The molecule has 0 fully saturated rings. The molecular formula is C14H14ClN3O2. The van der Waals surface area contributed by atoms with Gasteiger partial charge in [0.05, 0.1) is 24.6 Å². The summed E-state index contributed by atoms with van der Waals surface area (Å²) in [6.07, 6.45) is 2.95. The van der Waals surface area contributed by atoms with Gasteiger partial charge >= 0.3 is 0 Å². The lowest BCUT2D eigenvalue weighted by atomic mass is 10.1. The highest BCUT2D eigenvalue weighted by Crippen LogP contribution is 2.26. The Morgan fingerprint density at radius 2 is 2.25 bits per heavy atom. The van der Waals surface area contributed by atoms with Crippen molar-refractivity contribution < 1.29 is 9.53 Å². The maximum absolute atomic E-state index is 12.0. The lowest BCUT2D eigenvalue weighted by Crippen LogP contribution is -2.24. The number of hydrogen-bond acceptors (Lipinski definition) is 4. The van der Waals surface area contributed by atoms with Gasteiger partial charge in [0.1, 0.15) is 5.75 Å². The molecular weight excluding hydrogens is 278 g/mol. The van der Waals surface area contributed by atoms with Gasteiger partial charge in [0.15, 0.2) is 0 Å². The first-order valence-electron chi connectivity index (χ1n) is 5.92. The number of nitrogen functional groups attached to an aromatic ring is 1. The molecule has 5 nitrogen and oxygen atoms in total. The summed E-state index contributed by atoms with van der Waals surface area (Å²) in [6, 6.07) is 6.88. The van der Waals surface area contributed by atoms with Crippen LogP contribution in [-0.2, 0) is 6.54 Å². The largest absolute Gasteiger partial charge is 0.496 e. The van der Waals surface area contributed by atoms with Crippen molar-refractivity contribution >= 4 is 23.2 Å². The number of aromatic nitrogens is 1. The molecule has 6 heteroatoms. The highest BCUT2D eigenvalue weighted by molar-refractivity contribution is 6.31. The van der Waals surface area contributed by atoms with Crippen LogP contribution < -0.4 is 15.8 Å². The zero-order valence-corrected chi connectivity index (χ0v) is 11.6. The molecule has 3 N–H and O–H groups in total. The third-order valence-electron chi connectivity index (χ3n) is 2.82. The van der Waals surface area contributed by atoms with Crippen LogP contribution in [0.4, 0.5) is 5.69 Å². The van der Waals surface area contributed by atoms with Gasteiger partial charge in [-0.1, -0.05) is 17.7 Å². The Morgan fingerprint density at radius 1 is 1.45 bits per heavy atom. The number of ether oxygens (including phenoxy) is 1. The molecule has 0 aliphatic heterocycles. The summed E-state index contributed by atoms with van der Waals surface area (Å²) in [5.41, 5.74) is 7.13. The van der Waals surface area contributed by atoms with E-state index in [9.17, 15) is 4.79 Å². The number of nitrogens with zero attached hydrogens (tertiary/aromatic N) is 1. The van der Waals surface area contributed by atoms with Crippen LogP contribution >= 0.6 is 11.6 Å². The number of hydrogen-bond donors (Lipinski definition) is 2. The average Bonchev–Trinajstić information content (AvgIpc) is 2.46. The number of rotatable bonds is 4. The molecule has 0 radical (unpaired) electrons. The van der Waals surface area contributed by atoms with Crippen LogP contribution in [0.25, 0.3) is 0 Å². The maximum Gasteiger partial charge on any atom is 0.253 e. The topological polar surface area (TPSA) is 77.2 Å². The second kappa shape index (κ2) is 6.25. The zero-order chi connectivity index (χ0) is 14.5. The molecule has 0 atom stereocenters. The van der Waals surface area contributed by atoms with E-state index in [2.05, 4.69) is 10.3 Å². The summed E-state index contributed by atoms with van der Waals surface area (Å²) in [5, 5.41) is 3.30. The third kappa shape index (κ3) is 3.00. The maximum atomic E-state index is 12.0. The van der Waals surface area contributed by atoms with Crippen molar-refractivity contribution in [2.24, 2.45) is 0 Å². The van der Waals surface area contributed by atoms with Gasteiger partial charge in [-0.05, 0) is 18.2 Å². The van der Waals surface area contributed by atoms with E-state index >= 15 is 0 Å². The van der Waals surface area contributed by atoms with E-state index in [1.165, 1.54) is 12.4 Å². The van der Waals surface area contributed by atoms with Gasteiger partial charge in [0.25, 0.3) is 5.91 Å². The number of carbonyl (C=O) groups excluding carboxylic acids is 1. The number of nitrogens with two attached hydrogens (primary N) is 1. The van der Waals surface area contributed by atoms with Gasteiger partial charge in [-0.2, -0.15) is 0 Å². The highest BCUT2D eigenvalue weighted by atomic mass is 35.5. The summed E-state index contributed by atoms with van der Waals surface area (Å²) < 4.78 is 5.22. The molecule has 2 aromatic rings. The fourth-order valence-electron chi connectivity index (χ4n) is 1.78. The van der Waals surface area contributed by atoms with Crippen molar-refractivity contribution in [2.75, 3.05) is 12.8 Å². The summed E-state index contributed by atoms with van der Waals surface area (Å²) >= 11 is 6.10. The first kappa shape index (κ1) is 14.1. The molecule has 0 bridgehead atoms. The van der Waals surface area contributed by atoms with Crippen molar-refractivity contribution in [3.05, 3.63) is 52.8 Å². The van der Waals surface area contributed by atoms with E-state index in [0.717, 1.165) is 5.56 Å². The minimum Gasteiger partial charge on any atom is -0.496 e. The van der Waals surface area contributed by atoms with Crippen LogP contribution in [0.3, 0.4) is 0 Å². The lowest BCUT2D eigenvalue weighted by molar-refractivity contribution is 0.0951. The van der Waals surface area contributed by atoms with Crippen molar-refractivity contribution in [2.45, 2.75) is 6.54 Å². The van der Waals surface area contributed by atoms with Gasteiger partial charge in [-0.25, -0.2) is 0 Å². The standard InChI is InChI=1S/C14H14ClN3O2/c1-20-13-4-2-3-11(15)10(13)7-18-14(19)9-5-6-17-8-12(9)16/h2-6,8H,7,16H2,1H3,(H,18,19). The van der Waals surface area contributed by atoms with Crippen molar-refractivity contribution in [1.29, 1.82) is 0 Å². The molecule has 1 heterocycles. The number of nitrogens with one attached hydrogen (secondary N) is 1. The molecule has 0 spiro atoms. The predicted octanol–water partition coefficient (Wildman–Crippen LogP) is 2.26. The number of pyridine rings is 1. The Labute approximate surface area is 121 Å². The fourth-order valence-corrected chi connectivity index (χ4v) is 2.01. The van der Waals surface area contributed by atoms with Crippen LogP contribution in [0.2, 0.25) is 5.02 Å². The summed E-state index contributed by atoms with van der Waals surface area (Å²) in [5.74, 6) is 0.340. The van der Waals surface area contributed by atoms with Gasteiger partial charge in [0, 0.05) is 23.3 Å². The number of amides is 1. The van der Waals surface area contributed by atoms with E-state index in [4.69, 9.17) is 22.1 Å². The summed E-state index contributed by atoms with van der Waals surface area (Å²) in [7, 11) is 1.55. The molecule has 104 valence electrons. The average molecular weight is 292 g/mol. The Hall–Kier alpha value is -2.27. The summed E-state index contributed by atoms with van der Waals surface area (Å²) in [4.78, 5) is 15.9. The molecule has 0 aliphatic rings. The molecule has 20 heavy (non-hydrogen) atoms. The Kier molecular flexibility index (Phi) is 4.42. The van der Waals surface area contributed by atoms with Crippen molar-refractivity contribution in [1.82, 2.24) is 10.3 Å². The van der Waals surface area contributed by atoms with Crippen LogP contribution in [-0.4, -0.2) is 18.0 Å². The van der Waals surface area contributed by atoms with Crippen molar-refractivity contribution in [3.8, 4) is 5.75 Å². The molecule has 1 amide bonds. The molecule has 1 aromatic carbocycles. The Morgan fingerprint density at radius 3 is 2.95 bits per heavy atom. The quantitative estimate of drug-likeness (QED) is 0.906. The number of halogens is 1. The Balaban J connectivity index is 2.14. The fraction of sp³-hybridized carbons (Fsp3) is 0.143. The first-order valence-corrected chi connectivity index (χ1v) is 6.30. The van der Waals surface area contributed by atoms with E-state index in [-0.39, 0.29) is 12.5 Å². The molecule has 0 saturated carbocycles. The van der Waals surface area contributed by atoms with E-state index in [0.29, 0.717) is 22.0 Å². The number of methoxy groups -OCH3 is 1. The first-order chi connectivity index (χ1) is 9.63. The van der Waals surface area contributed by atoms with Gasteiger partial charge in [-0.3, -0.25) is 9.78 Å². The minimum absolute atomic E-state index is 0.253. The molecule has 0 aliphatic carbocycles. The second-order valence-electron chi connectivity index (χ2n) is 4.07.